The monoisotopic (exact) mass is 396 g/mol. The number of piperidine rings is 1. The smallest absolute Gasteiger partial charge is 0.412 e. The Morgan fingerprint density at radius 3 is 2.52 bits per heavy atom. The minimum Gasteiger partial charge on any atom is -0.444 e. The van der Waals surface area contributed by atoms with E-state index in [-0.39, 0.29) is 18.6 Å². The summed E-state index contributed by atoms with van der Waals surface area (Å²) in [6.07, 6.45) is 0.435. The second kappa shape index (κ2) is 8.95. The molecule has 1 aliphatic carbocycles. The molecular weight excluding hydrogens is 367 g/mol. The number of nitrogens with zero attached hydrogens (tertiary/aromatic N) is 1. The summed E-state index contributed by atoms with van der Waals surface area (Å²) in [5, 5.41) is 3.68. The molecule has 4 rings (SSSR count). The SMILES string of the molecule is CC(N[C@@H]1C[C@H]1c1ccccc1)C1CCN(C(=O)OCc2ccccc2)C(F)C1. The maximum atomic E-state index is 14.7. The first-order chi connectivity index (χ1) is 14.1. The fraction of sp³-hybridized carbons (Fsp3) is 0.458. The summed E-state index contributed by atoms with van der Waals surface area (Å²) >= 11 is 0. The van der Waals surface area contributed by atoms with Gasteiger partial charge in [0.25, 0.3) is 0 Å². The van der Waals surface area contributed by atoms with Crippen LogP contribution in [0.25, 0.3) is 0 Å². The molecule has 4 nitrogen and oxygen atoms in total. The Morgan fingerprint density at radius 1 is 1.14 bits per heavy atom. The molecule has 1 aliphatic heterocycles. The highest BCUT2D eigenvalue weighted by Gasteiger charge is 2.41. The molecule has 2 aromatic carbocycles. The van der Waals surface area contributed by atoms with Crippen LogP contribution in [0, 0.1) is 5.92 Å². The molecule has 5 atom stereocenters. The van der Waals surface area contributed by atoms with E-state index in [4.69, 9.17) is 4.74 Å². The van der Waals surface area contributed by atoms with Crippen LogP contribution < -0.4 is 5.32 Å². The number of likely N-dealkylation sites (tertiary alicyclic amines) is 1. The van der Waals surface area contributed by atoms with Gasteiger partial charge in [0.2, 0.25) is 0 Å². The highest BCUT2D eigenvalue weighted by atomic mass is 19.1. The molecule has 1 heterocycles. The van der Waals surface area contributed by atoms with E-state index < -0.39 is 12.4 Å². The molecule has 1 saturated carbocycles. The molecule has 154 valence electrons. The number of halogens is 1. The van der Waals surface area contributed by atoms with Crippen molar-refractivity contribution in [3.05, 3.63) is 71.8 Å². The number of hydrogen-bond acceptors (Lipinski definition) is 3. The third kappa shape index (κ3) is 4.96. The zero-order valence-corrected chi connectivity index (χ0v) is 16.8. The van der Waals surface area contributed by atoms with Gasteiger partial charge in [-0.15, -0.1) is 0 Å². The van der Waals surface area contributed by atoms with E-state index in [9.17, 15) is 9.18 Å². The summed E-state index contributed by atoms with van der Waals surface area (Å²) in [4.78, 5) is 13.5. The van der Waals surface area contributed by atoms with Crippen molar-refractivity contribution in [2.45, 2.75) is 57.1 Å². The zero-order valence-electron chi connectivity index (χ0n) is 16.8. The third-order valence-corrected chi connectivity index (χ3v) is 6.22. The molecule has 1 amide bonds. The molecule has 0 bridgehead atoms. The van der Waals surface area contributed by atoms with Crippen LogP contribution in [-0.2, 0) is 11.3 Å². The van der Waals surface area contributed by atoms with Crippen LogP contribution in [0.1, 0.15) is 43.2 Å². The highest BCUT2D eigenvalue weighted by molar-refractivity contribution is 5.68. The van der Waals surface area contributed by atoms with E-state index in [1.165, 1.54) is 10.5 Å². The van der Waals surface area contributed by atoms with Crippen LogP contribution in [-0.4, -0.2) is 35.9 Å². The summed E-state index contributed by atoms with van der Waals surface area (Å²) in [6, 6.07) is 20.7. The van der Waals surface area contributed by atoms with Gasteiger partial charge < -0.3 is 10.1 Å². The van der Waals surface area contributed by atoms with Gasteiger partial charge >= 0.3 is 6.09 Å². The Bertz CT molecular complexity index is 801. The van der Waals surface area contributed by atoms with Crippen molar-refractivity contribution in [1.29, 1.82) is 0 Å². The Balaban J connectivity index is 1.23. The summed E-state index contributed by atoms with van der Waals surface area (Å²) in [5.74, 6) is 0.785. The molecule has 3 unspecified atom stereocenters. The lowest BCUT2D eigenvalue weighted by atomic mass is 9.89. The molecule has 2 aliphatic rings. The third-order valence-electron chi connectivity index (χ3n) is 6.22. The number of amides is 1. The van der Waals surface area contributed by atoms with Gasteiger partial charge in [-0.25, -0.2) is 9.18 Å². The minimum absolute atomic E-state index is 0.173. The Kier molecular flexibility index (Phi) is 6.14. The van der Waals surface area contributed by atoms with Gasteiger partial charge in [-0.3, -0.25) is 4.90 Å². The van der Waals surface area contributed by atoms with E-state index in [1.807, 2.05) is 36.4 Å². The summed E-state index contributed by atoms with van der Waals surface area (Å²) in [7, 11) is 0. The molecule has 2 fully saturated rings. The van der Waals surface area contributed by atoms with E-state index in [1.54, 1.807) is 0 Å². The number of hydrogen-bond donors (Lipinski definition) is 1. The molecule has 5 heteroatoms. The highest BCUT2D eigenvalue weighted by Crippen LogP contribution is 2.41. The first kappa shape index (κ1) is 19.9. The second-order valence-corrected chi connectivity index (χ2v) is 8.27. The van der Waals surface area contributed by atoms with Crippen molar-refractivity contribution in [2.24, 2.45) is 5.92 Å². The van der Waals surface area contributed by atoms with Crippen molar-refractivity contribution in [3.63, 3.8) is 0 Å². The number of nitrogens with one attached hydrogen (secondary N) is 1. The average molecular weight is 397 g/mol. The van der Waals surface area contributed by atoms with E-state index in [0.29, 0.717) is 24.9 Å². The molecule has 1 saturated heterocycles. The van der Waals surface area contributed by atoms with Gasteiger partial charge in [0.15, 0.2) is 6.30 Å². The van der Waals surface area contributed by atoms with Crippen LogP contribution in [0.4, 0.5) is 9.18 Å². The van der Waals surface area contributed by atoms with Crippen LogP contribution in [0.2, 0.25) is 0 Å². The van der Waals surface area contributed by atoms with Gasteiger partial charge in [-0.2, -0.15) is 0 Å². The molecule has 1 N–H and O–H groups in total. The Morgan fingerprint density at radius 2 is 1.83 bits per heavy atom. The molecule has 0 radical (unpaired) electrons. The quantitative estimate of drug-likeness (QED) is 0.709. The van der Waals surface area contributed by atoms with Gasteiger partial charge in [0.05, 0.1) is 0 Å². The molecule has 0 aromatic heterocycles. The number of carbonyl (C=O) groups is 1. The number of carbonyl (C=O) groups excluding carboxylic acids is 1. The van der Waals surface area contributed by atoms with E-state index >= 15 is 0 Å². The fourth-order valence-electron chi connectivity index (χ4n) is 4.32. The van der Waals surface area contributed by atoms with E-state index in [2.05, 4.69) is 36.5 Å². The topological polar surface area (TPSA) is 41.6 Å². The number of alkyl halides is 1. The van der Waals surface area contributed by atoms with Gasteiger partial charge in [-0.05, 0) is 36.8 Å². The number of benzene rings is 2. The van der Waals surface area contributed by atoms with Gasteiger partial charge in [0.1, 0.15) is 6.61 Å². The molecule has 0 spiro atoms. The maximum Gasteiger partial charge on any atom is 0.412 e. The van der Waals surface area contributed by atoms with Gasteiger partial charge in [0, 0.05) is 31.0 Å². The predicted octanol–water partition coefficient (Wildman–Crippen LogP) is 4.87. The van der Waals surface area contributed by atoms with Crippen molar-refractivity contribution >= 4 is 6.09 Å². The summed E-state index contributed by atoms with van der Waals surface area (Å²) in [5.41, 5.74) is 2.28. The molecule has 29 heavy (non-hydrogen) atoms. The lowest BCUT2D eigenvalue weighted by molar-refractivity contribution is 0.00401. The summed E-state index contributed by atoms with van der Waals surface area (Å²) in [6.45, 7) is 2.71. The second-order valence-electron chi connectivity index (χ2n) is 8.27. The van der Waals surface area contributed by atoms with Crippen molar-refractivity contribution < 1.29 is 13.9 Å². The molecular formula is C24H29FN2O2. The van der Waals surface area contributed by atoms with Gasteiger partial charge in [-0.1, -0.05) is 60.7 Å². The van der Waals surface area contributed by atoms with Crippen LogP contribution in [0.3, 0.4) is 0 Å². The normalized spacial score (nSPS) is 27.3. The lowest BCUT2D eigenvalue weighted by Crippen LogP contribution is -2.48. The first-order valence-electron chi connectivity index (χ1n) is 10.5. The standard InChI is InChI=1S/C24H29FN2O2/c1-17(26-22-15-21(22)19-10-6-3-7-11-19)20-12-13-27(23(25)14-20)24(28)29-16-18-8-4-2-5-9-18/h2-11,17,20-23,26H,12-16H2,1H3/t17?,20?,21-,22+,23?/m0/s1. The predicted molar refractivity (Wildman–Crippen MR) is 111 cm³/mol. The van der Waals surface area contributed by atoms with Crippen LogP contribution in [0.15, 0.2) is 60.7 Å². The van der Waals surface area contributed by atoms with Crippen molar-refractivity contribution in [1.82, 2.24) is 10.2 Å². The zero-order chi connectivity index (χ0) is 20.2. The lowest BCUT2D eigenvalue weighted by Gasteiger charge is -2.37. The largest absolute Gasteiger partial charge is 0.444 e. The Labute approximate surface area is 172 Å². The first-order valence-corrected chi connectivity index (χ1v) is 10.5. The maximum absolute atomic E-state index is 14.7. The Hall–Kier alpha value is -2.40. The fourth-order valence-corrected chi connectivity index (χ4v) is 4.32. The molecule has 2 aromatic rings. The van der Waals surface area contributed by atoms with E-state index in [0.717, 1.165) is 18.4 Å². The van der Waals surface area contributed by atoms with Crippen molar-refractivity contribution in [3.8, 4) is 0 Å². The minimum atomic E-state index is -1.29. The summed E-state index contributed by atoms with van der Waals surface area (Å²) < 4.78 is 20.0. The van der Waals surface area contributed by atoms with Crippen LogP contribution in [0.5, 0.6) is 0 Å². The number of rotatable bonds is 6. The van der Waals surface area contributed by atoms with Crippen LogP contribution >= 0.6 is 0 Å². The number of ether oxygens (including phenoxy) is 1. The average Bonchev–Trinajstić information content (AvgIpc) is 3.52. The van der Waals surface area contributed by atoms with Crippen molar-refractivity contribution in [2.75, 3.05) is 6.54 Å².